The first-order chi connectivity index (χ1) is 8.92. The molecule has 4 heterocycles. The first-order valence-electron chi connectivity index (χ1n) is 6.44. The summed E-state index contributed by atoms with van der Waals surface area (Å²) in [5, 5.41) is 15.1. The normalized spacial score (nSPS) is 27.8. The Morgan fingerprint density at radius 2 is 2.22 bits per heavy atom. The van der Waals surface area contributed by atoms with Crippen molar-refractivity contribution < 1.29 is 0 Å². The average Bonchev–Trinajstić information content (AvgIpc) is 3.06. The highest BCUT2D eigenvalue weighted by Crippen LogP contribution is 2.29. The van der Waals surface area contributed by atoms with E-state index in [1.807, 2.05) is 0 Å². The summed E-state index contributed by atoms with van der Waals surface area (Å²) < 4.78 is 1.71. The zero-order valence-corrected chi connectivity index (χ0v) is 10.0. The number of nitrogens with zero attached hydrogens (tertiary/aromatic N) is 6. The molecule has 2 aromatic rings. The second-order valence-corrected chi connectivity index (χ2v) is 5.03. The predicted molar refractivity (Wildman–Crippen MR) is 65.2 cm³/mol. The summed E-state index contributed by atoms with van der Waals surface area (Å²) in [6.07, 6.45) is 7.25. The maximum absolute atomic E-state index is 4.17. The van der Waals surface area contributed by atoms with Crippen LogP contribution in [0.2, 0.25) is 0 Å². The molecule has 2 fully saturated rings. The van der Waals surface area contributed by atoms with E-state index in [1.165, 1.54) is 32.4 Å². The number of rotatable bonds is 2. The number of anilines is 1. The molecule has 0 spiro atoms. The van der Waals surface area contributed by atoms with Gasteiger partial charge in [-0.15, -0.1) is 5.10 Å². The Balaban J connectivity index is 1.62. The van der Waals surface area contributed by atoms with Crippen molar-refractivity contribution in [1.82, 2.24) is 29.9 Å². The molecular formula is C11H15N7. The van der Waals surface area contributed by atoms with Gasteiger partial charge in [-0.25, -0.2) is 0 Å². The van der Waals surface area contributed by atoms with Crippen molar-refractivity contribution >= 4 is 11.5 Å². The molecule has 0 bridgehead atoms. The molecule has 7 heteroatoms. The van der Waals surface area contributed by atoms with Crippen LogP contribution in [0.15, 0.2) is 12.4 Å². The van der Waals surface area contributed by atoms with Gasteiger partial charge in [0.1, 0.15) is 0 Å². The van der Waals surface area contributed by atoms with Gasteiger partial charge in [0.25, 0.3) is 0 Å². The molecule has 1 N–H and O–H groups in total. The van der Waals surface area contributed by atoms with Crippen molar-refractivity contribution in [3.05, 3.63) is 12.4 Å². The molecule has 0 amide bonds. The van der Waals surface area contributed by atoms with E-state index in [4.69, 9.17) is 0 Å². The van der Waals surface area contributed by atoms with E-state index in [1.54, 1.807) is 16.9 Å². The van der Waals surface area contributed by atoms with Crippen LogP contribution in [0, 0.1) is 0 Å². The first kappa shape index (κ1) is 10.2. The molecule has 0 aromatic carbocycles. The Kier molecular flexibility index (Phi) is 2.19. The van der Waals surface area contributed by atoms with Crippen LogP contribution >= 0.6 is 0 Å². The van der Waals surface area contributed by atoms with E-state index in [-0.39, 0.29) is 0 Å². The van der Waals surface area contributed by atoms with Gasteiger partial charge < -0.3 is 5.32 Å². The maximum Gasteiger partial charge on any atom is 0.199 e. The van der Waals surface area contributed by atoms with Gasteiger partial charge in [0, 0.05) is 18.6 Å². The SMILES string of the molecule is c1ncc2nnnn2c1NC1CCN2CCCC12. The quantitative estimate of drug-likeness (QED) is 0.813. The Hall–Kier alpha value is -1.76. The monoisotopic (exact) mass is 245 g/mol. The number of fused-ring (bicyclic) bond motifs is 2. The molecule has 2 unspecified atom stereocenters. The lowest BCUT2D eigenvalue weighted by Gasteiger charge is -2.21. The molecule has 2 atom stereocenters. The molecule has 7 nitrogen and oxygen atoms in total. The van der Waals surface area contributed by atoms with E-state index in [0.29, 0.717) is 17.7 Å². The van der Waals surface area contributed by atoms with E-state index >= 15 is 0 Å². The highest BCUT2D eigenvalue weighted by atomic mass is 15.5. The van der Waals surface area contributed by atoms with Crippen molar-refractivity contribution in [2.45, 2.75) is 31.3 Å². The second kappa shape index (κ2) is 3.88. The fourth-order valence-corrected chi connectivity index (χ4v) is 3.21. The van der Waals surface area contributed by atoms with Crippen LogP contribution in [-0.4, -0.2) is 55.1 Å². The van der Waals surface area contributed by atoms with Crippen molar-refractivity contribution in [2.75, 3.05) is 18.4 Å². The fraction of sp³-hybridized carbons (Fsp3) is 0.636. The minimum atomic E-state index is 0.490. The van der Waals surface area contributed by atoms with Crippen LogP contribution in [-0.2, 0) is 0 Å². The predicted octanol–water partition coefficient (Wildman–Crippen LogP) is 0.168. The van der Waals surface area contributed by atoms with Crippen LogP contribution in [0.5, 0.6) is 0 Å². The highest BCUT2D eigenvalue weighted by molar-refractivity contribution is 5.44. The molecule has 2 saturated heterocycles. The molecule has 0 saturated carbocycles. The molecular weight excluding hydrogens is 230 g/mol. The summed E-state index contributed by atoms with van der Waals surface area (Å²) in [6, 6.07) is 1.15. The number of hydrogen-bond acceptors (Lipinski definition) is 6. The van der Waals surface area contributed by atoms with Gasteiger partial charge in [-0.05, 0) is 36.2 Å². The number of tetrazole rings is 1. The topological polar surface area (TPSA) is 71.2 Å². The zero-order chi connectivity index (χ0) is 11.9. The van der Waals surface area contributed by atoms with E-state index in [2.05, 4.69) is 30.7 Å². The highest BCUT2D eigenvalue weighted by Gasteiger charge is 2.37. The lowest BCUT2D eigenvalue weighted by Crippen LogP contribution is -2.34. The summed E-state index contributed by atoms with van der Waals surface area (Å²) >= 11 is 0. The molecule has 0 radical (unpaired) electrons. The Labute approximate surface area is 104 Å². The van der Waals surface area contributed by atoms with Crippen LogP contribution in [0.1, 0.15) is 19.3 Å². The van der Waals surface area contributed by atoms with Gasteiger partial charge in [-0.1, -0.05) is 0 Å². The standard InChI is InChI=1S/C11H15N7/c1-2-9-8(3-5-17(9)4-1)13-10-6-12-7-11-14-15-16-18(10)11/h6-9,13H,1-5H2. The third-order valence-corrected chi connectivity index (χ3v) is 4.05. The zero-order valence-electron chi connectivity index (χ0n) is 10.0. The molecule has 2 aromatic heterocycles. The third kappa shape index (κ3) is 1.47. The number of aromatic nitrogens is 5. The number of hydrogen-bond donors (Lipinski definition) is 1. The van der Waals surface area contributed by atoms with Crippen molar-refractivity contribution in [3.63, 3.8) is 0 Å². The molecule has 2 aliphatic heterocycles. The summed E-state index contributed by atoms with van der Waals surface area (Å²) in [7, 11) is 0. The number of nitrogens with one attached hydrogen (secondary N) is 1. The minimum absolute atomic E-state index is 0.490. The van der Waals surface area contributed by atoms with Crippen molar-refractivity contribution in [1.29, 1.82) is 0 Å². The van der Waals surface area contributed by atoms with Crippen molar-refractivity contribution in [2.24, 2.45) is 0 Å². The van der Waals surface area contributed by atoms with Gasteiger partial charge in [-0.2, -0.15) is 4.52 Å². The van der Waals surface area contributed by atoms with Gasteiger partial charge in [0.2, 0.25) is 0 Å². The summed E-state index contributed by atoms with van der Waals surface area (Å²) in [5.74, 6) is 0.885. The van der Waals surface area contributed by atoms with E-state index < -0.39 is 0 Å². The third-order valence-electron chi connectivity index (χ3n) is 4.05. The van der Waals surface area contributed by atoms with Crippen LogP contribution < -0.4 is 5.32 Å². The lowest BCUT2D eigenvalue weighted by molar-refractivity contribution is 0.318. The van der Waals surface area contributed by atoms with Gasteiger partial charge in [-0.3, -0.25) is 9.88 Å². The summed E-state index contributed by atoms with van der Waals surface area (Å²) in [5.41, 5.74) is 0.682. The fourth-order valence-electron chi connectivity index (χ4n) is 3.21. The molecule has 94 valence electrons. The average molecular weight is 245 g/mol. The maximum atomic E-state index is 4.17. The first-order valence-corrected chi connectivity index (χ1v) is 6.44. The van der Waals surface area contributed by atoms with Crippen molar-refractivity contribution in [3.8, 4) is 0 Å². The molecule has 4 rings (SSSR count). The Morgan fingerprint density at radius 1 is 1.22 bits per heavy atom. The van der Waals surface area contributed by atoms with Crippen LogP contribution in [0.25, 0.3) is 5.65 Å². The molecule has 0 aliphatic carbocycles. The Morgan fingerprint density at radius 3 is 3.22 bits per heavy atom. The molecule has 2 aliphatic rings. The summed E-state index contributed by atoms with van der Waals surface area (Å²) in [4.78, 5) is 6.75. The van der Waals surface area contributed by atoms with Crippen LogP contribution in [0.3, 0.4) is 0 Å². The van der Waals surface area contributed by atoms with Crippen LogP contribution in [0.4, 0.5) is 5.82 Å². The second-order valence-electron chi connectivity index (χ2n) is 5.03. The Bertz CT molecular complexity index is 565. The summed E-state index contributed by atoms with van der Waals surface area (Å²) in [6.45, 7) is 2.44. The molecule has 18 heavy (non-hydrogen) atoms. The van der Waals surface area contributed by atoms with E-state index in [9.17, 15) is 0 Å². The largest absolute Gasteiger partial charge is 0.364 e. The van der Waals surface area contributed by atoms with E-state index in [0.717, 1.165) is 5.82 Å². The van der Waals surface area contributed by atoms with Gasteiger partial charge >= 0.3 is 0 Å². The lowest BCUT2D eigenvalue weighted by atomic mass is 10.1. The van der Waals surface area contributed by atoms with Gasteiger partial charge in [0.05, 0.1) is 12.4 Å². The smallest absolute Gasteiger partial charge is 0.199 e. The van der Waals surface area contributed by atoms with Gasteiger partial charge in [0.15, 0.2) is 11.5 Å². The minimum Gasteiger partial charge on any atom is -0.364 e.